The molecule has 37 heavy (non-hydrogen) atoms. The molecule has 0 aliphatic heterocycles. The predicted molar refractivity (Wildman–Crippen MR) is 133 cm³/mol. The summed E-state index contributed by atoms with van der Waals surface area (Å²) in [6.07, 6.45) is 5.59. The Bertz CT molecular complexity index is 1540. The smallest absolute Gasteiger partial charge is 0.247 e. The van der Waals surface area contributed by atoms with Crippen molar-refractivity contribution in [2.75, 3.05) is 24.9 Å². The van der Waals surface area contributed by atoms with Gasteiger partial charge < -0.3 is 24.5 Å². The molecule has 0 fully saturated rings. The van der Waals surface area contributed by atoms with Crippen molar-refractivity contribution in [3.8, 4) is 11.5 Å². The maximum Gasteiger partial charge on any atom is 0.247 e. The fraction of sp³-hybridized carbons (Fsp3) is 0.154. The number of aromatic nitrogens is 2. The highest BCUT2D eigenvalue weighted by Crippen LogP contribution is 2.36. The van der Waals surface area contributed by atoms with Gasteiger partial charge in [0.05, 0.1) is 38.0 Å². The van der Waals surface area contributed by atoms with E-state index in [1.807, 2.05) is 0 Å². The second-order valence-electron chi connectivity index (χ2n) is 7.93. The van der Waals surface area contributed by atoms with Gasteiger partial charge in [0.2, 0.25) is 11.7 Å². The number of benzene rings is 1. The Morgan fingerprint density at radius 2 is 1.73 bits per heavy atom. The summed E-state index contributed by atoms with van der Waals surface area (Å²) in [7, 11) is 2.38. The number of pyridine rings is 2. The van der Waals surface area contributed by atoms with Crippen LogP contribution in [0.5, 0.6) is 11.5 Å². The summed E-state index contributed by atoms with van der Waals surface area (Å²) in [5.41, 5.74) is 1.39. The minimum Gasteiger partial charge on any atom is -0.494 e. The molecule has 1 amide bonds. The number of ether oxygens (including phenoxy) is 2. The maximum atomic E-state index is 14.9. The number of amides is 1. The molecule has 0 bridgehead atoms. The number of furan rings is 1. The fourth-order valence-electron chi connectivity index (χ4n) is 3.75. The van der Waals surface area contributed by atoms with E-state index in [9.17, 15) is 18.4 Å². The number of fused-ring (bicyclic) bond motifs is 1. The van der Waals surface area contributed by atoms with Gasteiger partial charge in [-0.15, -0.1) is 0 Å². The molecular weight excluding hydrogens is 486 g/mol. The Balaban J connectivity index is 1.76. The molecule has 9 nitrogen and oxygen atoms in total. The average Bonchev–Trinajstić information content (AvgIpc) is 3.22. The van der Waals surface area contributed by atoms with Crippen LogP contribution in [0.15, 0.2) is 47.8 Å². The van der Waals surface area contributed by atoms with Gasteiger partial charge in [-0.1, -0.05) is 6.58 Å². The number of anilines is 3. The van der Waals surface area contributed by atoms with Gasteiger partial charge in [-0.2, -0.15) is 0 Å². The number of carbonyl (C=O) groups excluding carboxylic acids is 2. The van der Waals surface area contributed by atoms with E-state index in [0.717, 1.165) is 17.7 Å². The van der Waals surface area contributed by atoms with Crippen LogP contribution in [0, 0.1) is 25.5 Å². The quantitative estimate of drug-likeness (QED) is 0.245. The van der Waals surface area contributed by atoms with Crippen LogP contribution in [-0.4, -0.2) is 35.9 Å². The molecular formula is C26H22F2N4O5. The number of hydrogen-bond acceptors (Lipinski definition) is 8. The van der Waals surface area contributed by atoms with Crippen molar-refractivity contribution in [1.82, 2.24) is 9.97 Å². The molecule has 0 saturated heterocycles. The fourth-order valence-corrected chi connectivity index (χ4v) is 3.75. The van der Waals surface area contributed by atoms with Gasteiger partial charge in [0.25, 0.3) is 0 Å². The Kier molecular flexibility index (Phi) is 6.87. The van der Waals surface area contributed by atoms with Crippen LogP contribution in [-0.2, 0) is 4.79 Å². The standard InChI is InChI=1S/C26H22F2N4O5/c1-6-20(33)31-15-10-29-9-12(2)24(15)32-19-7-14-13(3)26(37-18(14)11-30-19)25(34)21-22(27)16(35-4)8-17(36-5)23(21)28/h6-11H,1H2,2-5H3,(H,31,33)(H,29,30,32). The van der Waals surface area contributed by atoms with Crippen LogP contribution in [0.1, 0.15) is 27.2 Å². The molecule has 0 unspecified atom stereocenters. The first kappa shape index (κ1) is 25.3. The third-order valence-electron chi connectivity index (χ3n) is 5.66. The van der Waals surface area contributed by atoms with Crippen LogP contribution in [0.4, 0.5) is 26.0 Å². The number of carbonyl (C=O) groups is 2. The first-order chi connectivity index (χ1) is 17.7. The minimum absolute atomic E-state index is 0.230. The van der Waals surface area contributed by atoms with Crippen molar-refractivity contribution in [2.24, 2.45) is 0 Å². The molecule has 0 spiro atoms. The lowest BCUT2D eigenvalue weighted by molar-refractivity contribution is -0.111. The van der Waals surface area contributed by atoms with Crippen LogP contribution in [0.2, 0.25) is 0 Å². The van der Waals surface area contributed by atoms with Gasteiger partial charge in [-0.05, 0) is 31.6 Å². The predicted octanol–water partition coefficient (Wildman–Crippen LogP) is 5.23. The lowest BCUT2D eigenvalue weighted by atomic mass is 10.0. The number of rotatable bonds is 8. The second kappa shape index (κ2) is 10.1. The zero-order valence-electron chi connectivity index (χ0n) is 20.4. The lowest BCUT2D eigenvalue weighted by Gasteiger charge is -2.14. The van der Waals surface area contributed by atoms with Gasteiger partial charge in [0, 0.05) is 23.2 Å². The summed E-state index contributed by atoms with van der Waals surface area (Å²) in [6.45, 7) is 6.82. The molecule has 11 heteroatoms. The average molecular weight is 508 g/mol. The topological polar surface area (TPSA) is 116 Å². The van der Waals surface area contributed by atoms with E-state index in [4.69, 9.17) is 13.9 Å². The van der Waals surface area contributed by atoms with Gasteiger partial charge in [0.1, 0.15) is 11.4 Å². The van der Waals surface area contributed by atoms with Crippen molar-refractivity contribution in [3.05, 3.63) is 77.5 Å². The number of ketones is 1. The van der Waals surface area contributed by atoms with Crippen LogP contribution >= 0.6 is 0 Å². The van der Waals surface area contributed by atoms with E-state index in [2.05, 4.69) is 27.2 Å². The Morgan fingerprint density at radius 3 is 2.35 bits per heavy atom. The minimum atomic E-state index is -1.17. The highest BCUT2D eigenvalue weighted by atomic mass is 19.1. The van der Waals surface area contributed by atoms with Crippen LogP contribution in [0.25, 0.3) is 11.0 Å². The molecule has 2 N–H and O–H groups in total. The summed E-state index contributed by atoms with van der Waals surface area (Å²) in [4.78, 5) is 33.4. The summed E-state index contributed by atoms with van der Waals surface area (Å²) in [6, 6.07) is 2.63. The third-order valence-corrected chi connectivity index (χ3v) is 5.66. The van der Waals surface area contributed by atoms with E-state index in [0.29, 0.717) is 28.1 Å². The molecule has 4 aromatic rings. The SMILES string of the molecule is C=CC(=O)Nc1cncc(C)c1Nc1cc2c(C)c(C(=O)c3c(F)c(OC)cc(OC)c3F)oc2cn1. The molecule has 190 valence electrons. The summed E-state index contributed by atoms with van der Waals surface area (Å²) >= 11 is 0. The Hall–Kier alpha value is -4.80. The van der Waals surface area contributed by atoms with Gasteiger partial charge in [-0.3, -0.25) is 14.6 Å². The zero-order chi connectivity index (χ0) is 26.9. The normalized spacial score (nSPS) is 10.8. The number of nitrogens with zero attached hydrogens (tertiary/aromatic N) is 2. The van der Waals surface area contributed by atoms with E-state index in [-0.39, 0.29) is 22.8 Å². The summed E-state index contributed by atoms with van der Waals surface area (Å²) in [5, 5.41) is 6.29. The molecule has 0 radical (unpaired) electrons. The van der Waals surface area contributed by atoms with Crippen molar-refractivity contribution in [2.45, 2.75) is 13.8 Å². The molecule has 0 aliphatic carbocycles. The number of aryl methyl sites for hydroxylation is 2. The Morgan fingerprint density at radius 1 is 1.05 bits per heavy atom. The largest absolute Gasteiger partial charge is 0.494 e. The van der Waals surface area contributed by atoms with Gasteiger partial charge in [-0.25, -0.2) is 13.8 Å². The molecule has 3 aromatic heterocycles. The molecule has 0 aliphatic rings. The number of methoxy groups -OCH3 is 2. The maximum absolute atomic E-state index is 14.9. The second-order valence-corrected chi connectivity index (χ2v) is 7.93. The van der Waals surface area contributed by atoms with E-state index in [1.165, 1.54) is 26.6 Å². The van der Waals surface area contributed by atoms with Gasteiger partial charge >= 0.3 is 0 Å². The van der Waals surface area contributed by atoms with Crippen molar-refractivity contribution in [3.63, 3.8) is 0 Å². The molecule has 1 aromatic carbocycles. The van der Waals surface area contributed by atoms with E-state index >= 15 is 0 Å². The van der Waals surface area contributed by atoms with Crippen molar-refractivity contribution in [1.29, 1.82) is 0 Å². The molecule has 0 atom stereocenters. The number of nitrogens with one attached hydrogen (secondary N) is 2. The highest BCUT2D eigenvalue weighted by Gasteiger charge is 2.30. The number of hydrogen-bond donors (Lipinski definition) is 2. The van der Waals surface area contributed by atoms with Crippen LogP contribution in [0.3, 0.4) is 0 Å². The number of halogens is 2. The first-order valence-electron chi connectivity index (χ1n) is 10.9. The first-order valence-corrected chi connectivity index (χ1v) is 10.9. The molecule has 3 heterocycles. The Labute approximate surface area is 210 Å². The van der Waals surface area contributed by atoms with Crippen LogP contribution < -0.4 is 20.1 Å². The monoisotopic (exact) mass is 508 g/mol. The zero-order valence-corrected chi connectivity index (χ0v) is 20.4. The summed E-state index contributed by atoms with van der Waals surface area (Å²) < 4.78 is 45.4. The highest BCUT2D eigenvalue weighted by molar-refractivity contribution is 6.11. The summed E-state index contributed by atoms with van der Waals surface area (Å²) in [5.74, 6) is -4.38. The van der Waals surface area contributed by atoms with Gasteiger partial charge in [0.15, 0.2) is 34.5 Å². The lowest BCUT2D eigenvalue weighted by Crippen LogP contribution is -2.10. The van der Waals surface area contributed by atoms with E-state index < -0.39 is 28.9 Å². The van der Waals surface area contributed by atoms with Crippen molar-refractivity contribution >= 4 is 39.9 Å². The van der Waals surface area contributed by atoms with Crippen molar-refractivity contribution < 1.29 is 32.3 Å². The third kappa shape index (κ3) is 4.58. The molecule has 4 rings (SSSR count). The molecule has 0 saturated carbocycles. The van der Waals surface area contributed by atoms with E-state index in [1.54, 1.807) is 26.1 Å².